The van der Waals surface area contributed by atoms with Crippen LogP contribution in [0.25, 0.3) is 0 Å². The first-order chi connectivity index (χ1) is 16.8. The lowest BCUT2D eigenvalue weighted by Gasteiger charge is -2.47. The second kappa shape index (κ2) is 7.42. The lowest BCUT2D eigenvalue weighted by Crippen LogP contribution is -2.58. The van der Waals surface area contributed by atoms with Crippen LogP contribution in [0.3, 0.4) is 0 Å². The maximum absolute atomic E-state index is 15.2. The summed E-state index contributed by atoms with van der Waals surface area (Å²) in [5.74, 6) is -1.97. The molecule has 6 rings (SSSR count). The molecule has 3 aliphatic heterocycles. The monoisotopic (exact) mass is 480 g/mol. The zero-order chi connectivity index (χ0) is 24.7. The van der Waals surface area contributed by atoms with Crippen molar-refractivity contribution in [2.45, 2.75) is 82.1 Å². The van der Waals surface area contributed by atoms with E-state index in [1.165, 1.54) is 12.1 Å². The number of Topliss-reactive ketones (excluding diaryl/α,β-unsaturated/α-hetero) is 1. The fourth-order valence-electron chi connectivity index (χ4n) is 7.37. The number of halogens is 1. The van der Waals surface area contributed by atoms with Crippen LogP contribution in [0.2, 0.25) is 0 Å². The molecule has 2 unspecified atom stereocenters. The smallest absolute Gasteiger partial charge is 0.341 e. The summed E-state index contributed by atoms with van der Waals surface area (Å²) in [4.78, 5) is 43.6. The van der Waals surface area contributed by atoms with Gasteiger partial charge in [0.2, 0.25) is 11.8 Å². The van der Waals surface area contributed by atoms with Crippen LogP contribution in [-0.4, -0.2) is 29.8 Å². The van der Waals surface area contributed by atoms with Gasteiger partial charge in [-0.05, 0) is 56.2 Å². The van der Waals surface area contributed by atoms with E-state index in [0.717, 1.165) is 31.2 Å². The molecule has 2 aliphatic carbocycles. The van der Waals surface area contributed by atoms with Crippen molar-refractivity contribution in [3.8, 4) is 0 Å². The normalized spacial score (nSPS) is 28.5. The number of carbonyl (C=O) groups is 3. The van der Waals surface area contributed by atoms with E-state index in [-0.39, 0.29) is 41.8 Å². The van der Waals surface area contributed by atoms with E-state index in [1.807, 2.05) is 0 Å². The number of carbonyl (C=O) groups excluding carboxylic acids is 3. The van der Waals surface area contributed by atoms with Crippen molar-refractivity contribution < 1.29 is 28.2 Å². The fourth-order valence-corrected chi connectivity index (χ4v) is 7.37. The molecule has 2 spiro atoms. The molecule has 35 heavy (non-hydrogen) atoms. The Balaban J connectivity index is 1.74. The molecule has 2 atom stereocenters. The minimum atomic E-state index is -1.87. The summed E-state index contributed by atoms with van der Waals surface area (Å²) in [6.07, 6.45) is 5.48. The summed E-state index contributed by atoms with van der Waals surface area (Å²) in [5.41, 5.74) is 5.60. The van der Waals surface area contributed by atoms with Gasteiger partial charge in [0.25, 0.3) is 0 Å². The number of anilines is 1. The number of hydrogen-bond donors (Lipinski definition) is 1. The Hall–Kier alpha value is -3.16. The van der Waals surface area contributed by atoms with Gasteiger partial charge < -0.3 is 20.1 Å². The molecular weight excluding hydrogens is 451 g/mol. The zero-order valence-corrected chi connectivity index (χ0v) is 20.0. The lowest BCUT2D eigenvalue weighted by molar-refractivity contribution is -0.141. The van der Waals surface area contributed by atoms with Gasteiger partial charge in [0.1, 0.15) is 22.6 Å². The fraction of sp³-hybridized carbons (Fsp3) is 0.519. The number of benzene rings is 1. The van der Waals surface area contributed by atoms with Crippen LogP contribution in [0, 0.1) is 5.82 Å². The minimum absolute atomic E-state index is 0.0134. The predicted molar refractivity (Wildman–Crippen MR) is 125 cm³/mol. The molecule has 8 heteroatoms. The third-order valence-electron chi connectivity index (χ3n) is 8.56. The Morgan fingerprint density at radius 1 is 1.23 bits per heavy atom. The van der Waals surface area contributed by atoms with Crippen molar-refractivity contribution in [1.82, 2.24) is 0 Å². The van der Waals surface area contributed by atoms with Gasteiger partial charge in [0.05, 0.1) is 17.9 Å². The molecule has 1 amide bonds. The van der Waals surface area contributed by atoms with Crippen molar-refractivity contribution in [2.75, 3.05) is 11.5 Å². The van der Waals surface area contributed by atoms with E-state index in [2.05, 4.69) is 6.92 Å². The number of ether oxygens (including phenoxy) is 2. The summed E-state index contributed by atoms with van der Waals surface area (Å²) in [6, 6.07) is 2.79. The highest BCUT2D eigenvalue weighted by molar-refractivity contribution is 6.24. The number of hydrogen-bond acceptors (Lipinski definition) is 6. The van der Waals surface area contributed by atoms with Crippen LogP contribution < -0.4 is 10.6 Å². The topological polar surface area (TPSA) is 98.9 Å². The molecule has 1 aromatic carbocycles. The summed E-state index contributed by atoms with van der Waals surface area (Å²) < 4.78 is 26.4. The molecule has 1 saturated carbocycles. The van der Waals surface area contributed by atoms with Crippen molar-refractivity contribution in [3.05, 3.63) is 51.9 Å². The molecule has 0 saturated heterocycles. The number of nitrogens with two attached hydrogens (primary N) is 1. The van der Waals surface area contributed by atoms with E-state index in [1.54, 1.807) is 11.8 Å². The Morgan fingerprint density at radius 3 is 2.69 bits per heavy atom. The Kier molecular flexibility index (Phi) is 4.73. The first-order valence-corrected chi connectivity index (χ1v) is 12.6. The molecule has 0 bridgehead atoms. The predicted octanol–water partition coefficient (Wildman–Crippen LogP) is 4.00. The number of rotatable bonds is 2. The molecule has 1 aromatic rings. The Bertz CT molecular complexity index is 1260. The van der Waals surface area contributed by atoms with E-state index in [4.69, 9.17) is 15.2 Å². The summed E-state index contributed by atoms with van der Waals surface area (Å²) in [6.45, 7) is 3.75. The summed E-state index contributed by atoms with van der Waals surface area (Å²) >= 11 is 0. The standard InChI is InChI=1S/C27H29FN2O5/c1-3-34-24(32)21-23(29)35-19-8-6-7-18(31)20(19)27(21)17-12-15(28)11-16-14(2)13-26(9-4-5-10-26)30(22(16)17)25(27)33/h11-12,14H,3-10,13,29H2,1-2H3. The molecule has 0 radical (unpaired) electrons. The van der Waals surface area contributed by atoms with Crippen molar-refractivity contribution in [2.24, 2.45) is 5.73 Å². The minimum Gasteiger partial charge on any atom is -0.462 e. The third kappa shape index (κ3) is 2.68. The third-order valence-corrected chi connectivity index (χ3v) is 8.56. The summed E-state index contributed by atoms with van der Waals surface area (Å²) in [7, 11) is 0. The molecule has 184 valence electrons. The van der Waals surface area contributed by atoms with E-state index in [9.17, 15) is 14.4 Å². The van der Waals surface area contributed by atoms with Crippen molar-refractivity contribution >= 4 is 23.3 Å². The second-order valence-electron chi connectivity index (χ2n) is 10.5. The van der Waals surface area contributed by atoms with E-state index in [0.29, 0.717) is 36.3 Å². The van der Waals surface area contributed by atoms with Crippen LogP contribution in [0.4, 0.5) is 10.1 Å². The van der Waals surface area contributed by atoms with Crippen molar-refractivity contribution in [1.29, 1.82) is 0 Å². The molecule has 1 fully saturated rings. The second-order valence-corrected chi connectivity index (χ2v) is 10.5. The molecule has 5 aliphatic rings. The number of amides is 1. The van der Waals surface area contributed by atoms with Gasteiger partial charge in [-0.3, -0.25) is 9.59 Å². The largest absolute Gasteiger partial charge is 0.462 e. The van der Waals surface area contributed by atoms with Gasteiger partial charge in [-0.15, -0.1) is 0 Å². The maximum atomic E-state index is 15.2. The van der Waals surface area contributed by atoms with Crippen LogP contribution in [-0.2, 0) is 29.3 Å². The number of esters is 1. The van der Waals surface area contributed by atoms with Crippen LogP contribution in [0.15, 0.2) is 34.9 Å². The number of fused-ring (bicyclic) bond motifs is 3. The molecule has 7 nitrogen and oxygen atoms in total. The molecule has 3 heterocycles. The molecule has 0 aromatic heterocycles. The van der Waals surface area contributed by atoms with Crippen LogP contribution in [0.5, 0.6) is 0 Å². The van der Waals surface area contributed by atoms with E-state index < -0.39 is 28.6 Å². The Labute approximate surface area is 203 Å². The van der Waals surface area contributed by atoms with Crippen LogP contribution >= 0.6 is 0 Å². The number of nitrogens with zero attached hydrogens (tertiary/aromatic N) is 1. The zero-order valence-electron chi connectivity index (χ0n) is 20.0. The number of ketones is 1. The van der Waals surface area contributed by atoms with Gasteiger partial charge in [-0.25, -0.2) is 9.18 Å². The SMILES string of the molecule is CCOC(=O)C1=C(N)OC2=C(C(=O)CCC2)C12C(=O)N1c3c(cc(F)cc32)C(C)CC12CCCC2. The van der Waals surface area contributed by atoms with Gasteiger partial charge in [-0.1, -0.05) is 19.8 Å². The highest BCUT2D eigenvalue weighted by Gasteiger charge is 2.68. The number of allylic oxidation sites excluding steroid dienone is 1. The quantitative estimate of drug-likeness (QED) is 0.643. The average Bonchev–Trinajstić information content (AvgIpc) is 3.35. The van der Waals surface area contributed by atoms with Gasteiger partial charge >= 0.3 is 5.97 Å². The van der Waals surface area contributed by atoms with Gasteiger partial charge in [0.15, 0.2) is 5.78 Å². The average molecular weight is 481 g/mol. The lowest BCUT2D eigenvalue weighted by atomic mass is 9.64. The highest BCUT2D eigenvalue weighted by Crippen LogP contribution is 2.63. The first-order valence-electron chi connectivity index (χ1n) is 12.6. The van der Waals surface area contributed by atoms with E-state index >= 15 is 4.39 Å². The van der Waals surface area contributed by atoms with Gasteiger partial charge in [0, 0.05) is 23.9 Å². The molecule has 2 N–H and O–H groups in total. The molecular formula is C27H29FN2O5. The van der Waals surface area contributed by atoms with Crippen LogP contribution in [0.1, 0.15) is 82.3 Å². The summed E-state index contributed by atoms with van der Waals surface area (Å²) in [5, 5.41) is 0. The Morgan fingerprint density at radius 2 is 1.97 bits per heavy atom. The first kappa shape index (κ1) is 22.3. The highest BCUT2D eigenvalue weighted by atomic mass is 19.1. The van der Waals surface area contributed by atoms with Crippen molar-refractivity contribution in [3.63, 3.8) is 0 Å². The van der Waals surface area contributed by atoms with Gasteiger partial charge in [-0.2, -0.15) is 0 Å². The maximum Gasteiger partial charge on any atom is 0.341 e.